The van der Waals surface area contributed by atoms with E-state index in [9.17, 15) is 0 Å². The Morgan fingerprint density at radius 1 is 1.24 bits per heavy atom. The van der Waals surface area contributed by atoms with E-state index in [-0.39, 0.29) is 6.61 Å². The maximum Gasteiger partial charge on any atom is 0.123 e. The molecule has 0 aromatic heterocycles. The van der Waals surface area contributed by atoms with Crippen LogP contribution in [-0.4, -0.2) is 25.4 Å². The van der Waals surface area contributed by atoms with E-state index in [1.807, 2.05) is 13.1 Å². The van der Waals surface area contributed by atoms with Crippen molar-refractivity contribution in [3.63, 3.8) is 0 Å². The van der Waals surface area contributed by atoms with Crippen LogP contribution in [-0.2, 0) is 6.54 Å². The van der Waals surface area contributed by atoms with Gasteiger partial charge in [-0.2, -0.15) is 0 Å². The van der Waals surface area contributed by atoms with Crippen LogP contribution in [0.3, 0.4) is 0 Å². The molecule has 96 valence electrons. The van der Waals surface area contributed by atoms with Crippen molar-refractivity contribution in [2.75, 3.05) is 20.3 Å². The summed E-state index contributed by atoms with van der Waals surface area (Å²) < 4.78 is 5.77. The smallest absolute Gasteiger partial charge is 0.123 e. The number of ether oxygens (including phenoxy) is 1. The number of nitrogens with one attached hydrogen (secondary N) is 1. The van der Waals surface area contributed by atoms with Gasteiger partial charge in [-0.3, -0.25) is 0 Å². The molecule has 0 unspecified atom stereocenters. The monoisotopic (exact) mass is 237 g/mol. The van der Waals surface area contributed by atoms with Gasteiger partial charge in [-0.15, -0.1) is 0 Å². The highest BCUT2D eigenvalue weighted by Gasteiger charge is 2.03. The second kappa shape index (κ2) is 8.09. The van der Waals surface area contributed by atoms with Gasteiger partial charge in [-0.25, -0.2) is 0 Å². The predicted octanol–water partition coefficient (Wildman–Crippen LogP) is 2.26. The Morgan fingerprint density at radius 2 is 2.06 bits per heavy atom. The quantitative estimate of drug-likeness (QED) is 0.681. The summed E-state index contributed by atoms with van der Waals surface area (Å²) in [4.78, 5) is 0. The summed E-state index contributed by atoms with van der Waals surface area (Å²) in [7, 11) is 1.94. The fourth-order valence-electron chi connectivity index (χ4n) is 1.75. The van der Waals surface area contributed by atoms with Gasteiger partial charge in [0.25, 0.3) is 0 Å². The number of benzene rings is 1. The third-order valence-corrected chi connectivity index (χ3v) is 2.64. The summed E-state index contributed by atoms with van der Waals surface area (Å²) in [5, 5.41) is 11.8. The first kappa shape index (κ1) is 14.0. The minimum absolute atomic E-state index is 0.273. The molecule has 0 saturated carbocycles. The van der Waals surface area contributed by atoms with E-state index in [4.69, 9.17) is 9.84 Å². The maximum atomic E-state index is 8.68. The SMILES string of the molecule is CNCc1cc(C)ccc1OCCCCCO. The first-order valence-corrected chi connectivity index (χ1v) is 6.25. The third kappa shape index (κ3) is 5.20. The van der Waals surface area contributed by atoms with E-state index < -0.39 is 0 Å². The molecule has 0 heterocycles. The zero-order valence-corrected chi connectivity index (χ0v) is 10.8. The highest BCUT2D eigenvalue weighted by atomic mass is 16.5. The number of aliphatic hydroxyl groups is 1. The third-order valence-electron chi connectivity index (χ3n) is 2.64. The molecule has 0 bridgehead atoms. The minimum atomic E-state index is 0.273. The van der Waals surface area contributed by atoms with Crippen molar-refractivity contribution in [3.8, 4) is 5.75 Å². The Kier molecular flexibility index (Phi) is 6.67. The van der Waals surface area contributed by atoms with Gasteiger partial charge in [0, 0.05) is 18.7 Å². The summed E-state index contributed by atoms with van der Waals surface area (Å²) >= 11 is 0. The molecular weight excluding hydrogens is 214 g/mol. The van der Waals surface area contributed by atoms with Crippen LogP contribution in [0.25, 0.3) is 0 Å². The van der Waals surface area contributed by atoms with E-state index in [1.54, 1.807) is 0 Å². The summed E-state index contributed by atoms with van der Waals surface area (Å²) in [6, 6.07) is 6.26. The van der Waals surface area contributed by atoms with Gasteiger partial charge in [-0.1, -0.05) is 17.7 Å². The largest absolute Gasteiger partial charge is 0.493 e. The number of hydrogen-bond donors (Lipinski definition) is 2. The van der Waals surface area contributed by atoms with Gasteiger partial charge in [0.2, 0.25) is 0 Å². The average Bonchev–Trinajstić information content (AvgIpc) is 2.32. The molecule has 0 spiro atoms. The number of aliphatic hydroxyl groups excluding tert-OH is 1. The van der Waals surface area contributed by atoms with E-state index >= 15 is 0 Å². The Labute approximate surface area is 104 Å². The van der Waals surface area contributed by atoms with Gasteiger partial charge in [0.15, 0.2) is 0 Å². The highest BCUT2D eigenvalue weighted by Crippen LogP contribution is 2.20. The van der Waals surface area contributed by atoms with Gasteiger partial charge >= 0.3 is 0 Å². The van der Waals surface area contributed by atoms with Crippen LogP contribution in [0.1, 0.15) is 30.4 Å². The zero-order valence-electron chi connectivity index (χ0n) is 10.8. The average molecular weight is 237 g/mol. The molecule has 17 heavy (non-hydrogen) atoms. The lowest BCUT2D eigenvalue weighted by Crippen LogP contribution is -2.08. The summed E-state index contributed by atoms with van der Waals surface area (Å²) in [5.41, 5.74) is 2.46. The van der Waals surface area contributed by atoms with Crippen LogP contribution in [0.2, 0.25) is 0 Å². The maximum absolute atomic E-state index is 8.68. The minimum Gasteiger partial charge on any atom is -0.493 e. The Morgan fingerprint density at radius 3 is 2.76 bits per heavy atom. The van der Waals surface area contributed by atoms with E-state index in [0.717, 1.165) is 38.2 Å². The highest BCUT2D eigenvalue weighted by molar-refractivity contribution is 5.36. The molecule has 2 N–H and O–H groups in total. The molecule has 0 atom stereocenters. The lowest BCUT2D eigenvalue weighted by molar-refractivity contribution is 0.265. The van der Waals surface area contributed by atoms with E-state index in [0.29, 0.717) is 0 Å². The topological polar surface area (TPSA) is 41.5 Å². The number of hydrogen-bond acceptors (Lipinski definition) is 3. The number of unbranched alkanes of at least 4 members (excludes halogenated alkanes) is 2. The molecule has 0 aliphatic rings. The predicted molar refractivity (Wildman–Crippen MR) is 70.4 cm³/mol. The fraction of sp³-hybridized carbons (Fsp3) is 0.571. The van der Waals surface area contributed by atoms with E-state index in [1.165, 1.54) is 11.1 Å². The number of rotatable bonds is 8. The van der Waals surface area contributed by atoms with Crippen LogP contribution in [0.5, 0.6) is 5.75 Å². The summed E-state index contributed by atoms with van der Waals surface area (Å²) in [6.45, 7) is 3.91. The summed E-state index contributed by atoms with van der Waals surface area (Å²) in [6.07, 6.45) is 2.87. The van der Waals surface area contributed by atoms with Crippen LogP contribution in [0.4, 0.5) is 0 Å². The lowest BCUT2D eigenvalue weighted by atomic mass is 10.1. The molecule has 0 amide bonds. The fourth-order valence-corrected chi connectivity index (χ4v) is 1.75. The van der Waals surface area contributed by atoms with Crippen molar-refractivity contribution in [1.82, 2.24) is 5.32 Å². The van der Waals surface area contributed by atoms with Crippen molar-refractivity contribution in [2.24, 2.45) is 0 Å². The van der Waals surface area contributed by atoms with Crippen LogP contribution < -0.4 is 10.1 Å². The molecular formula is C14H23NO2. The van der Waals surface area contributed by atoms with Crippen LogP contribution >= 0.6 is 0 Å². The second-order valence-electron chi connectivity index (χ2n) is 4.27. The van der Waals surface area contributed by atoms with Gasteiger partial charge in [-0.05, 0) is 39.3 Å². The van der Waals surface area contributed by atoms with Gasteiger partial charge in [0.1, 0.15) is 5.75 Å². The van der Waals surface area contributed by atoms with Crippen molar-refractivity contribution in [3.05, 3.63) is 29.3 Å². The number of aryl methyl sites for hydroxylation is 1. The molecule has 3 nitrogen and oxygen atoms in total. The molecule has 1 rings (SSSR count). The molecule has 0 saturated heterocycles. The van der Waals surface area contributed by atoms with Crippen molar-refractivity contribution in [2.45, 2.75) is 32.7 Å². The Balaban J connectivity index is 2.45. The molecule has 0 aliphatic carbocycles. The lowest BCUT2D eigenvalue weighted by Gasteiger charge is -2.12. The van der Waals surface area contributed by atoms with Crippen molar-refractivity contribution < 1.29 is 9.84 Å². The van der Waals surface area contributed by atoms with Crippen molar-refractivity contribution in [1.29, 1.82) is 0 Å². The van der Waals surface area contributed by atoms with E-state index in [2.05, 4.69) is 24.4 Å². The normalized spacial score (nSPS) is 10.5. The molecule has 0 radical (unpaired) electrons. The van der Waals surface area contributed by atoms with Gasteiger partial charge in [0.05, 0.1) is 6.61 Å². The zero-order chi connectivity index (χ0) is 12.5. The molecule has 1 aromatic carbocycles. The molecule has 1 aromatic rings. The van der Waals surface area contributed by atoms with Gasteiger partial charge < -0.3 is 15.2 Å². The van der Waals surface area contributed by atoms with Crippen molar-refractivity contribution >= 4 is 0 Å². The molecule has 0 aliphatic heterocycles. The molecule has 0 fully saturated rings. The van der Waals surface area contributed by atoms with Crippen LogP contribution in [0.15, 0.2) is 18.2 Å². The first-order chi connectivity index (χ1) is 8.27. The Hall–Kier alpha value is -1.06. The summed E-state index contributed by atoms with van der Waals surface area (Å²) in [5.74, 6) is 0.967. The second-order valence-corrected chi connectivity index (χ2v) is 4.27. The Bertz CT molecular complexity index is 326. The molecule has 3 heteroatoms. The first-order valence-electron chi connectivity index (χ1n) is 6.25. The standard InChI is InChI=1S/C14H23NO2/c1-12-6-7-14(13(10-12)11-15-2)17-9-5-3-4-8-16/h6-7,10,15-16H,3-5,8-9,11H2,1-2H3. The van der Waals surface area contributed by atoms with Crippen LogP contribution in [0, 0.1) is 6.92 Å².